The van der Waals surface area contributed by atoms with E-state index in [9.17, 15) is 24.0 Å². The van der Waals surface area contributed by atoms with Crippen molar-refractivity contribution in [2.75, 3.05) is 57.3 Å². The van der Waals surface area contributed by atoms with Gasteiger partial charge in [-0.2, -0.15) is 0 Å². The number of nitrogens with one attached hydrogen (secondary N) is 2. The maximum absolute atomic E-state index is 13.3. The van der Waals surface area contributed by atoms with Gasteiger partial charge in [-0.25, -0.2) is 0 Å². The molecule has 5 amide bonds. The van der Waals surface area contributed by atoms with E-state index in [1.54, 1.807) is 35.6 Å². The highest BCUT2D eigenvalue weighted by Gasteiger charge is 2.39. The van der Waals surface area contributed by atoms with Crippen LogP contribution in [0.4, 0.5) is 5.69 Å². The number of rotatable bonds is 15. The van der Waals surface area contributed by atoms with Gasteiger partial charge in [0.25, 0.3) is 11.8 Å². The predicted molar refractivity (Wildman–Crippen MR) is 229 cm³/mol. The smallest absolute Gasteiger partial charge is 0.255 e. The second kappa shape index (κ2) is 20.9. The lowest BCUT2D eigenvalue weighted by Crippen LogP contribution is -2.52. The predicted octanol–water partition coefficient (Wildman–Crippen LogP) is 4.82. The Morgan fingerprint density at radius 2 is 1.70 bits per heavy atom. The largest absolute Gasteiger partial charge is 0.369 e. The fourth-order valence-electron chi connectivity index (χ4n) is 8.62. The number of aromatic nitrogens is 2. The molecule has 60 heavy (non-hydrogen) atoms. The number of likely N-dealkylation sites (tertiary alicyclic amines) is 1. The molecule has 0 spiro atoms. The van der Waals surface area contributed by atoms with Crippen LogP contribution in [0.3, 0.4) is 0 Å². The Kier molecular flexibility index (Phi) is 14.7. The maximum atomic E-state index is 13.3. The maximum Gasteiger partial charge on any atom is 0.255 e. The van der Waals surface area contributed by atoms with Gasteiger partial charge >= 0.3 is 0 Å². The van der Waals surface area contributed by atoms with Crippen LogP contribution in [0.2, 0.25) is 0 Å². The molecule has 0 bridgehead atoms. The lowest BCUT2D eigenvalue weighted by atomic mass is 9.91. The van der Waals surface area contributed by atoms with E-state index >= 15 is 0 Å². The molecule has 3 fully saturated rings. The molecule has 3 aromatic rings. The number of amides is 5. The summed E-state index contributed by atoms with van der Waals surface area (Å²) >= 11 is 0. The van der Waals surface area contributed by atoms with Crippen LogP contribution in [0.1, 0.15) is 108 Å². The van der Waals surface area contributed by atoms with E-state index < -0.39 is 11.9 Å². The molecule has 0 radical (unpaired) electrons. The number of carbonyl (C=O) groups excluding carboxylic acids is 5. The third-order valence-electron chi connectivity index (χ3n) is 12.2. The molecule has 1 atom stereocenters. The van der Waals surface area contributed by atoms with Crippen molar-refractivity contribution in [2.45, 2.75) is 83.2 Å². The molecule has 3 saturated heterocycles. The van der Waals surface area contributed by atoms with Gasteiger partial charge in [-0.05, 0) is 99.0 Å². The molecule has 7 rings (SSSR count). The Hall–Kier alpha value is -5.87. The molecule has 314 valence electrons. The molecule has 13 heteroatoms. The summed E-state index contributed by atoms with van der Waals surface area (Å²) in [6, 6.07) is 13.1. The van der Waals surface area contributed by atoms with Gasteiger partial charge in [0.05, 0.1) is 11.9 Å². The zero-order chi connectivity index (χ0) is 41.7. The van der Waals surface area contributed by atoms with Gasteiger partial charge in [-0.15, -0.1) is 0 Å². The minimum Gasteiger partial charge on any atom is -0.369 e. The zero-order valence-electron chi connectivity index (χ0n) is 34.4. The van der Waals surface area contributed by atoms with E-state index in [1.165, 1.54) is 11.8 Å². The SMILES string of the molecule is O=C(/C=C/c1cnccn1)NCCCCC1CCN(C(=O)c2ccc(N3CCN(CCCCCC#Cc4cccc5c4CN(C4CCC(=O)NC4=O)C5=O)CC3)cc2)CC1. The van der Waals surface area contributed by atoms with Crippen LogP contribution >= 0.6 is 0 Å². The van der Waals surface area contributed by atoms with Crippen LogP contribution in [-0.2, 0) is 20.9 Å². The molecule has 2 aromatic carbocycles. The van der Waals surface area contributed by atoms with Gasteiger partial charge < -0.3 is 20.0 Å². The quantitative estimate of drug-likeness (QED) is 0.0954. The Labute approximate surface area is 353 Å². The first-order chi connectivity index (χ1) is 29.3. The van der Waals surface area contributed by atoms with Gasteiger partial charge in [0.2, 0.25) is 17.7 Å². The highest BCUT2D eigenvalue weighted by molar-refractivity contribution is 6.05. The Morgan fingerprint density at radius 3 is 2.47 bits per heavy atom. The third-order valence-corrected chi connectivity index (χ3v) is 12.2. The summed E-state index contributed by atoms with van der Waals surface area (Å²) in [7, 11) is 0. The van der Waals surface area contributed by atoms with Crippen molar-refractivity contribution in [3.63, 3.8) is 0 Å². The summed E-state index contributed by atoms with van der Waals surface area (Å²) < 4.78 is 0. The van der Waals surface area contributed by atoms with Crippen LogP contribution in [0.5, 0.6) is 0 Å². The summed E-state index contributed by atoms with van der Waals surface area (Å²) in [6.45, 7) is 7.58. The average Bonchev–Trinajstić information content (AvgIpc) is 3.61. The van der Waals surface area contributed by atoms with Crippen molar-refractivity contribution >= 4 is 41.3 Å². The average molecular weight is 813 g/mol. The van der Waals surface area contributed by atoms with E-state index in [4.69, 9.17) is 0 Å². The second-order valence-electron chi connectivity index (χ2n) is 16.2. The highest BCUT2D eigenvalue weighted by atomic mass is 16.2. The van der Waals surface area contributed by atoms with Crippen LogP contribution in [0.25, 0.3) is 6.08 Å². The summed E-state index contributed by atoms with van der Waals surface area (Å²) in [6.07, 6.45) is 17.7. The van der Waals surface area contributed by atoms with E-state index in [0.717, 1.165) is 120 Å². The highest BCUT2D eigenvalue weighted by Crippen LogP contribution is 2.30. The van der Waals surface area contributed by atoms with Crippen LogP contribution in [0, 0.1) is 17.8 Å². The number of hydrogen-bond acceptors (Lipinski definition) is 9. The molecule has 0 aliphatic carbocycles. The molecular weight excluding hydrogens is 757 g/mol. The fraction of sp³-hybridized carbons (Fsp3) is 0.468. The molecule has 13 nitrogen and oxygen atoms in total. The first-order valence-corrected chi connectivity index (χ1v) is 21.7. The molecule has 1 unspecified atom stereocenters. The number of nitrogens with zero attached hydrogens (tertiary/aromatic N) is 6. The molecule has 5 heterocycles. The van der Waals surface area contributed by atoms with Gasteiger partial charge in [-0.3, -0.25) is 44.2 Å². The topological polar surface area (TPSA) is 148 Å². The molecule has 0 saturated carbocycles. The third kappa shape index (κ3) is 11.2. The Morgan fingerprint density at radius 1 is 0.883 bits per heavy atom. The first-order valence-electron chi connectivity index (χ1n) is 21.7. The lowest BCUT2D eigenvalue weighted by Gasteiger charge is -2.36. The zero-order valence-corrected chi connectivity index (χ0v) is 34.4. The second-order valence-corrected chi connectivity index (χ2v) is 16.2. The minimum atomic E-state index is -0.626. The standard InChI is InChI=1S/C47H56N8O5/c56-43(19-15-38-33-48-24-25-49-38)50-23-6-5-9-35-21-27-54(28-22-35)46(59)37-13-16-39(17-14-37)53-31-29-52(30-32-53)26-7-3-1-2-4-10-36-11-8-12-40-41(36)34-55(47(40)60)42-18-20-44(57)51-45(42)58/h8,11-17,19,24-25,33,35,42H,1-3,5-7,9,18,20-23,26-32,34H2,(H,50,56)(H,51,57,58)/b19-15+. The van der Waals surface area contributed by atoms with Gasteiger partial charge in [-0.1, -0.05) is 37.2 Å². The first kappa shape index (κ1) is 42.3. The van der Waals surface area contributed by atoms with Crippen LogP contribution < -0.4 is 15.5 Å². The van der Waals surface area contributed by atoms with Gasteiger partial charge in [0, 0.05) is 106 Å². The Bertz CT molecular complexity index is 2080. The van der Waals surface area contributed by atoms with Crippen molar-refractivity contribution in [1.29, 1.82) is 0 Å². The fourth-order valence-corrected chi connectivity index (χ4v) is 8.62. The van der Waals surface area contributed by atoms with Crippen molar-refractivity contribution in [2.24, 2.45) is 5.92 Å². The number of unbranched alkanes of at least 4 members (excludes halogenated alkanes) is 4. The number of imide groups is 1. The molecular formula is C47H56N8O5. The number of carbonyl (C=O) groups is 5. The van der Waals surface area contributed by atoms with E-state index in [1.807, 2.05) is 29.2 Å². The Balaban J connectivity index is 0.740. The molecule has 4 aliphatic heterocycles. The summed E-state index contributed by atoms with van der Waals surface area (Å²) in [5.41, 5.74) is 4.86. The number of piperidine rings is 2. The summed E-state index contributed by atoms with van der Waals surface area (Å²) in [4.78, 5) is 79.1. The van der Waals surface area contributed by atoms with E-state index in [2.05, 4.69) is 54.4 Å². The molecule has 1 aromatic heterocycles. The number of fused-ring (bicyclic) bond motifs is 1. The van der Waals surface area contributed by atoms with Crippen molar-refractivity contribution < 1.29 is 24.0 Å². The summed E-state index contributed by atoms with van der Waals surface area (Å²) in [5.74, 6) is 6.33. The van der Waals surface area contributed by atoms with Crippen molar-refractivity contribution in [3.8, 4) is 11.8 Å². The number of anilines is 1. The lowest BCUT2D eigenvalue weighted by molar-refractivity contribution is -0.137. The van der Waals surface area contributed by atoms with E-state index in [0.29, 0.717) is 36.7 Å². The monoisotopic (exact) mass is 812 g/mol. The summed E-state index contributed by atoms with van der Waals surface area (Å²) in [5, 5.41) is 5.29. The molecule has 2 N–H and O–H groups in total. The normalized spacial score (nSPS) is 18.6. The van der Waals surface area contributed by atoms with E-state index in [-0.39, 0.29) is 30.0 Å². The number of benzene rings is 2. The van der Waals surface area contributed by atoms with Crippen molar-refractivity contribution in [3.05, 3.63) is 95.1 Å². The number of piperazine rings is 1. The van der Waals surface area contributed by atoms with Crippen molar-refractivity contribution in [1.82, 2.24) is 35.3 Å². The molecule has 4 aliphatic rings. The van der Waals surface area contributed by atoms with Crippen LogP contribution in [-0.4, -0.2) is 113 Å². The van der Waals surface area contributed by atoms with Gasteiger partial charge in [0.1, 0.15) is 6.04 Å². The minimum absolute atomic E-state index is 0.117. The number of hydrogen-bond donors (Lipinski definition) is 2. The van der Waals surface area contributed by atoms with Crippen LogP contribution in [0.15, 0.2) is 67.1 Å². The van der Waals surface area contributed by atoms with Gasteiger partial charge in [0.15, 0.2) is 0 Å².